The van der Waals surface area contributed by atoms with Gasteiger partial charge in [0.2, 0.25) is 5.89 Å². The van der Waals surface area contributed by atoms with Crippen molar-refractivity contribution in [2.45, 2.75) is 24.5 Å². The van der Waals surface area contributed by atoms with E-state index >= 15 is 0 Å². The van der Waals surface area contributed by atoms with Crippen molar-refractivity contribution in [1.82, 2.24) is 15.1 Å². The van der Waals surface area contributed by atoms with Crippen molar-refractivity contribution in [2.24, 2.45) is 0 Å². The first kappa shape index (κ1) is 15.3. The van der Waals surface area contributed by atoms with Gasteiger partial charge in [-0.25, -0.2) is 0 Å². The fraction of sp³-hybridized carbons (Fsp3) is 0.400. The number of thiocarbonyl (C=S) groups is 1. The second kappa shape index (κ2) is 7.11. The van der Waals surface area contributed by atoms with Crippen LogP contribution in [0.15, 0.2) is 33.9 Å². The van der Waals surface area contributed by atoms with Gasteiger partial charge in [0.25, 0.3) is 5.22 Å². The minimum absolute atomic E-state index is 0.537. The summed E-state index contributed by atoms with van der Waals surface area (Å²) in [5.41, 5.74) is 1.88. The summed E-state index contributed by atoms with van der Waals surface area (Å²) in [6, 6.07) is 7.88. The molecule has 0 bridgehead atoms. The Morgan fingerprint density at radius 3 is 2.55 bits per heavy atom. The lowest BCUT2D eigenvalue weighted by molar-refractivity contribution is 0.346. The summed E-state index contributed by atoms with van der Waals surface area (Å²) < 4.78 is 5.52. The molecule has 0 spiro atoms. The molecular weight excluding hydrogens is 316 g/mol. The fourth-order valence-electron chi connectivity index (χ4n) is 2.40. The molecule has 22 heavy (non-hydrogen) atoms. The summed E-state index contributed by atoms with van der Waals surface area (Å²) in [5, 5.41) is 12.6. The Balaban J connectivity index is 1.64. The van der Waals surface area contributed by atoms with Crippen molar-refractivity contribution >= 4 is 34.8 Å². The lowest BCUT2D eigenvalue weighted by Crippen LogP contribution is -2.38. The van der Waals surface area contributed by atoms with Crippen LogP contribution in [-0.4, -0.2) is 39.6 Å². The molecule has 1 aliphatic rings. The first-order valence-electron chi connectivity index (χ1n) is 7.30. The van der Waals surface area contributed by atoms with Crippen LogP contribution in [0.4, 0.5) is 5.69 Å². The van der Waals surface area contributed by atoms with Gasteiger partial charge < -0.3 is 14.6 Å². The highest BCUT2D eigenvalue weighted by atomic mass is 32.2. The third-order valence-corrected chi connectivity index (χ3v) is 4.48. The highest BCUT2D eigenvalue weighted by Gasteiger charge is 2.13. The molecule has 1 N–H and O–H groups in total. The fourth-order valence-corrected chi connectivity index (χ4v) is 2.99. The Morgan fingerprint density at radius 2 is 1.91 bits per heavy atom. The molecule has 3 rings (SSSR count). The number of hydrogen-bond acceptors (Lipinski definition) is 5. The van der Waals surface area contributed by atoms with E-state index in [4.69, 9.17) is 16.6 Å². The van der Waals surface area contributed by atoms with Crippen molar-refractivity contribution in [3.63, 3.8) is 0 Å². The number of nitrogens with one attached hydrogen (secondary N) is 1. The molecule has 1 aromatic carbocycles. The summed E-state index contributed by atoms with van der Waals surface area (Å²) in [6.45, 7) is 2.09. The molecular formula is C15H18N4OS2. The molecule has 5 nitrogen and oxygen atoms in total. The van der Waals surface area contributed by atoms with Crippen LogP contribution >= 0.6 is 24.0 Å². The Kier molecular flexibility index (Phi) is 4.94. The zero-order chi connectivity index (χ0) is 15.4. The van der Waals surface area contributed by atoms with Gasteiger partial charge in [0.15, 0.2) is 5.11 Å². The number of hydrogen-bond donors (Lipinski definition) is 1. The molecule has 1 saturated heterocycles. The van der Waals surface area contributed by atoms with Gasteiger partial charge in [-0.15, -0.1) is 10.2 Å². The van der Waals surface area contributed by atoms with Gasteiger partial charge in [-0.1, -0.05) is 11.8 Å². The third kappa shape index (κ3) is 3.59. The van der Waals surface area contributed by atoms with Gasteiger partial charge in [-0.05, 0) is 62.0 Å². The second-order valence-corrected chi connectivity index (χ2v) is 6.28. The van der Waals surface area contributed by atoms with E-state index in [1.54, 1.807) is 0 Å². The molecule has 0 saturated carbocycles. The number of piperidine rings is 1. The average Bonchev–Trinajstić information content (AvgIpc) is 3.05. The van der Waals surface area contributed by atoms with Crippen molar-refractivity contribution in [3.05, 3.63) is 24.3 Å². The first-order valence-corrected chi connectivity index (χ1v) is 8.93. The lowest BCUT2D eigenvalue weighted by Gasteiger charge is -2.29. The number of aromatic nitrogens is 2. The quantitative estimate of drug-likeness (QED) is 0.679. The highest BCUT2D eigenvalue weighted by molar-refractivity contribution is 7.98. The zero-order valence-electron chi connectivity index (χ0n) is 12.4. The van der Waals surface area contributed by atoms with Gasteiger partial charge in [0.1, 0.15) is 0 Å². The monoisotopic (exact) mass is 334 g/mol. The third-order valence-electron chi connectivity index (χ3n) is 3.61. The number of nitrogens with zero attached hydrogens (tertiary/aromatic N) is 3. The Morgan fingerprint density at radius 1 is 1.18 bits per heavy atom. The molecule has 0 unspecified atom stereocenters. The summed E-state index contributed by atoms with van der Waals surface area (Å²) in [6.07, 6.45) is 5.65. The Labute approximate surface area is 139 Å². The first-order chi connectivity index (χ1) is 10.8. The molecule has 116 valence electrons. The largest absolute Gasteiger partial charge is 0.411 e. The minimum atomic E-state index is 0.537. The molecule has 0 atom stereocenters. The van der Waals surface area contributed by atoms with Crippen molar-refractivity contribution in [2.75, 3.05) is 24.7 Å². The van der Waals surface area contributed by atoms with Crippen LogP contribution in [0.5, 0.6) is 0 Å². The van der Waals surface area contributed by atoms with E-state index in [0.29, 0.717) is 11.1 Å². The second-order valence-electron chi connectivity index (χ2n) is 5.13. The maximum Gasteiger partial charge on any atom is 0.276 e. The maximum absolute atomic E-state index is 5.52. The zero-order valence-corrected chi connectivity index (χ0v) is 14.0. The average molecular weight is 334 g/mol. The normalized spacial score (nSPS) is 14.9. The van der Waals surface area contributed by atoms with Gasteiger partial charge >= 0.3 is 0 Å². The molecule has 2 aromatic rings. The van der Waals surface area contributed by atoms with E-state index in [9.17, 15) is 0 Å². The van der Waals surface area contributed by atoms with E-state index in [1.165, 1.54) is 31.0 Å². The van der Waals surface area contributed by atoms with Crippen LogP contribution < -0.4 is 5.32 Å². The van der Waals surface area contributed by atoms with Gasteiger partial charge in [-0.2, -0.15) is 0 Å². The van der Waals surface area contributed by atoms with Crippen LogP contribution in [0.2, 0.25) is 0 Å². The van der Waals surface area contributed by atoms with Gasteiger partial charge in [0, 0.05) is 24.3 Å². The minimum Gasteiger partial charge on any atom is -0.411 e. The SMILES string of the molecule is CSc1nnc(-c2ccc(NC(=S)N3CCCCC3)cc2)o1. The number of likely N-dealkylation sites (tertiary alicyclic amines) is 1. The van der Waals surface area contributed by atoms with E-state index in [2.05, 4.69) is 20.4 Å². The summed E-state index contributed by atoms with van der Waals surface area (Å²) in [7, 11) is 0. The number of thioether (sulfide) groups is 1. The molecule has 0 amide bonds. The van der Waals surface area contributed by atoms with Crippen LogP contribution in [-0.2, 0) is 0 Å². The predicted molar refractivity (Wildman–Crippen MR) is 93.2 cm³/mol. The van der Waals surface area contributed by atoms with Gasteiger partial charge in [-0.3, -0.25) is 0 Å². The molecule has 1 aromatic heterocycles. The number of anilines is 1. The summed E-state index contributed by atoms with van der Waals surface area (Å²) >= 11 is 6.91. The number of benzene rings is 1. The molecule has 7 heteroatoms. The van der Waals surface area contributed by atoms with E-state index in [1.807, 2.05) is 30.5 Å². The molecule has 1 fully saturated rings. The topological polar surface area (TPSA) is 54.2 Å². The number of rotatable bonds is 3. The van der Waals surface area contributed by atoms with Crippen LogP contribution in [0, 0.1) is 0 Å². The van der Waals surface area contributed by atoms with E-state index in [0.717, 1.165) is 29.5 Å². The molecule has 2 heterocycles. The Hall–Kier alpha value is -1.60. The summed E-state index contributed by atoms with van der Waals surface area (Å²) in [5.74, 6) is 0.537. The lowest BCUT2D eigenvalue weighted by atomic mass is 10.1. The Bertz CT molecular complexity index is 635. The molecule has 1 aliphatic heterocycles. The van der Waals surface area contributed by atoms with Crippen molar-refractivity contribution in [3.8, 4) is 11.5 Å². The van der Waals surface area contributed by atoms with Crippen molar-refractivity contribution in [1.29, 1.82) is 0 Å². The maximum atomic E-state index is 5.52. The standard InChI is InChI=1S/C15H18N4OS2/c1-22-15-18-17-13(20-15)11-5-7-12(8-6-11)16-14(21)19-9-3-2-4-10-19/h5-8H,2-4,9-10H2,1H3,(H,16,21). The smallest absolute Gasteiger partial charge is 0.276 e. The van der Waals surface area contributed by atoms with Crippen LogP contribution in [0.25, 0.3) is 11.5 Å². The van der Waals surface area contributed by atoms with E-state index in [-0.39, 0.29) is 0 Å². The summed E-state index contributed by atoms with van der Waals surface area (Å²) in [4.78, 5) is 2.23. The van der Waals surface area contributed by atoms with E-state index < -0.39 is 0 Å². The van der Waals surface area contributed by atoms with Crippen LogP contribution in [0.3, 0.4) is 0 Å². The predicted octanol–water partition coefficient (Wildman–Crippen LogP) is 3.64. The van der Waals surface area contributed by atoms with Gasteiger partial charge in [0.05, 0.1) is 0 Å². The molecule has 0 radical (unpaired) electrons. The molecule has 0 aliphatic carbocycles. The van der Waals surface area contributed by atoms with Crippen LogP contribution in [0.1, 0.15) is 19.3 Å². The van der Waals surface area contributed by atoms with Crippen molar-refractivity contribution < 1.29 is 4.42 Å². The highest BCUT2D eigenvalue weighted by Crippen LogP contribution is 2.23.